The van der Waals surface area contributed by atoms with Gasteiger partial charge in [0, 0.05) is 24.7 Å². The molecule has 1 fully saturated rings. The number of piperidine rings is 1. The number of hydrogen-bond acceptors (Lipinski definition) is 6. The van der Waals surface area contributed by atoms with Gasteiger partial charge in [-0.3, -0.25) is 19.2 Å². The number of aryl methyl sites for hydroxylation is 2. The second-order valence-electron chi connectivity index (χ2n) is 8.20. The lowest BCUT2D eigenvalue weighted by Gasteiger charge is -2.34. The Hall–Kier alpha value is -3.07. The predicted molar refractivity (Wildman–Crippen MR) is 116 cm³/mol. The monoisotopic (exact) mass is 427 g/mol. The third-order valence-electron chi connectivity index (χ3n) is 6.22. The maximum atomic E-state index is 12.8. The third kappa shape index (κ3) is 4.36. The van der Waals surface area contributed by atoms with Crippen molar-refractivity contribution in [3.05, 3.63) is 29.6 Å². The largest absolute Gasteiger partial charge is 0.454 e. The Kier molecular flexibility index (Phi) is 5.86. The Morgan fingerprint density at radius 3 is 2.52 bits per heavy atom. The lowest BCUT2D eigenvalue weighted by molar-refractivity contribution is -0.123. The van der Waals surface area contributed by atoms with Crippen LogP contribution in [0.15, 0.2) is 18.2 Å². The molecule has 31 heavy (non-hydrogen) atoms. The fraction of sp³-hybridized carbons (Fsp3) is 0.500. The molecule has 0 spiro atoms. The van der Waals surface area contributed by atoms with Crippen LogP contribution in [0.3, 0.4) is 0 Å². The number of carbonyl (C=O) groups excluding carboxylic acids is 2. The molecule has 0 bridgehead atoms. The predicted octanol–water partition coefficient (Wildman–Crippen LogP) is 2.44. The number of ether oxygens (including phenoxy) is 2. The van der Waals surface area contributed by atoms with Gasteiger partial charge in [0.2, 0.25) is 18.6 Å². The van der Waals surface area contributed by atoms with Crippen LogP contribution in [-0.4, -0.2) is 52.4 Å². The summed E-state index contributed by atoms with van der Waals surface area (Å²) in [6.07, 6.45) is 1.41. The summed E-state index contributed by atoms with van der Waals surface area (Å²) < 4.78 is 12.4. The summed E-state index contributed by atoms with van der Waals surface area (Å²) in [5.41, 5.74) is 3.21. The summed E-state index contributed by atoms with van der Waals surface area (Å²) >= 11 is 0. The van der Waals surface area contributed by atoms with Gasteiger partial charge in [-0.05, 0) is 58.8 Å². The number of aromatic nitrogens is 2. The molecule has 1 aromatic heterocycles. The molecule has 9 nitrogen and oxygen atoms in total. The van der Waals surface area contributed by atoms with Gasteiger partial charge in [-0.1, -0.05) is 0 Å². The quantitative estimate of drug-likeness (QED) is 0.761. The highest BCUT2D eigenvalue weighted by atomic mass is 16.7. The van der Waals surface area contributed by atoms with E-state index >= 15 is 0 Å². The fourth-order valence-corrected chi connectivity index (χ4v) is 4.12. The average Bonchev–Trinajstić information content (AvgIpc) is 3.32. The van der Waals surface area contributed by atoms with Crippen molar-refractivity contribution in [1.82, 2.24) is 14.7 Å². The fourth-order valence-electron chi connectivity index (χ4n) is 4.12. The Bertz CT molecular complexity index is 994. The number of likely N-dealkylation sites (tertiary alicyclic amines) is 1. The summed E-state index contributed by atoms with van der Waals surface area (Å²) in [7, 11) is 1.86. The van der Waals surface area contributed by atoms with Crippen molar-refractivity contribution in [1.29, 1.82) is 0 Å². The van der Waals surface area contributed by atoms with E-state index in [2.05, 4.69) is 20.6 Å². The van der Waals surface area contributed by atoms with Gasteiger partial charge in [-0.25, -0.2) is 0 Å². The van der Waals surface area contributed by atoms with Crippen molar-refractivity contribution < 1.29 is 19.1 Å². The van der Waals surface area contributed by atoms with Crippen LogP contribution in [0.5, 0.6) is 11.5 Å². The zero-order chi connectivity index (χ0) is 22.1. The van der Waals surface area contributed by atoms with Crippen LogP contribution in [0.2, 0.25) is 0 Å². The van der Waals surface area contributed by atoms with E-state index < -0.39 is 0 Å². The van der Waals surface area contributed by atoms with Gasteiger partial charge < -0.3 is 20.1 Å². The van der Waals surface area contributed by atoms with E-state index in [1.165, 1.54) is 0 Å². The number of amides is 2. The molecule has 9 heteroatoms. The molecule has 2 amide bonds. The van der Waals surface area contributed by atoms with E-state index in [0.29, 0.717) is 43.1 Å². The Morgan fingerprint density at radius 2 is 1.84 bits per heavy atom. The summed E-state index contributed by atoms with van der Waals surface area (Å²) in [5.74, 6) is 1.20. The molecule has 2 N–H and O–H groups in total. The van der Waals surface area contributed by atoms with Crippen molar-refractivity contribution >= 4 is 23.2 Å². The summed E-state index contributed by atoms with van der Waals surface area (Å²) in [4.78, 5) is 27.6. The molecule has 3 heterocycles. The van der Waals surface area contributed by atoms with E-state index in [9.17, 15) is 9.59 Å². The Morgan fingerprint density at radius 1 is 1.13 bits per heavy atom. The molecule has 2 aromatic rings. The second-order valence-corrected chi connectivity index (χ2v) is 8.20. The van der Waals surface area contributed by atoms with Gasteiger partial charge in [0.15, 0.2) is 11.5 Å². The van der Waals surface area contributed by atoms with Gasteiger partial charge in [0.05, 0.1) is 23.1 Å². The third-order valence-corrected chi connectivity index (χ3v) is 6.22. The van der Waals surface area contributed by atoms with Gasteiger partial charge in [-0.15, -0.1) is 0 Å². The maximum Gasteiger partial charge on any atom is 0.241 e. The first kappa shape index (κ1) is 21.2. The van der Waals surface area contributed by atoms with Crippen LogP contribution in [0.25, 0.3) is 0 Å². The highest BCUT2D eigenvalue weighted by molar-refractivity contribution is 5.96. The number of carbonyl (C=O) groups is 2. The van der Waals surface area contributed by atoms with E-state index in [-0.39, 0.29) is 30.6 Å². The van der Waals surface area contributed by atoms with Crippen LogP contribution >= 0.6 is 0 Å². The molecule has 0 unspecified atom stereocenters. The molecule has 166 valence electrons. The molecular formula is C22H29N5O4. The number of rotatable bonds is 5. The van der Waals surface area contributed by atoms with Crippen LogP contribution < -0.4 is 20.1 Å². The van der Waals surface area contributed by atoms with Gasteiger partial charge in [0.1, 0.15) is 0 Å². The molecule has 0 aliphatic carbocycles. The molecule has 4 rings (SSSR count). The standard InChI is InChI=1S/C22H29N5O4/c1-13-20(14(2)26(4)25-13)24-21(28)15(3)27-9-7-16(8-10-27)22(29)23-17-5-6-18-19(11-17)31-12-30-18/h5-6,11,15-16H,7-10,12H2,1-4H3,(H,23,29)(H,24,28)/t15-/m1/s1. The average molecular weight is 428 g/mol. The highest BCUT2D eigenvalue weighted by Crippen LogP contribution is 2.34. The topological polar surface area (TPSA) is 97.7 Å². The summed E-state index contributed by atoms with van der Waals surface area (Å²) in [5, 5.41) is 10.3. The second kappa shape index (κ2) is 8.58. The molecular weight excluding hydrogens is 398 g/mol. The molecule has 1 saturated heterocycles. The van der Waals surface area contributed by atoms with Gasteiger partial charge in [-0.2, -0.15) is 5.10 Å². The molecule has 0 radical (unpaired) electrons. The van der Waals surface area contributed by atoms with E-state index in [1.807, 2.05) is 33.9 Å². The van der Waals surface area contributed by atoms with E-state index in [1.54, 1.807) is 16.8 Å². The first-order valence-electron chi connectivity index (χ1n) is 10.6. The van der Waals surface area contributed by atoms with Crippen LogP contribution in [0.4, 0.5) is 11.4 Å². The molecule has 1 aromatic carbocycles. The lowest BCUT2D eigenvalue weighted by atomic mass is 9.94. The SMILES string of the molecule is Cc1nn(C)c(C)c1NC(=O)[C@@H](C)N1CCC(C(=O)Nc2ccc3c(c2)OCO3)CC1. The van der Waals surface area contributed by atoms with Crippen molar-refractivity contribution in [2.24, 2.45) is 13.0 Å². The number of fused-ring (bicyclic) bond motifs is 1. The molecule has 1 atom stereocenters. The number of anilines is 2. The molecule has 2 aliphatic rings. The lowest BCUT2D eigenvalue weighted by Crippen LogP contribution is -2.47. The van der Waals surface area contributed by atoms with Crippen molar-refractivity contribution in [3.8, 4) is 11.5 Å². The minimum absolute atomic E-state index is 0.00257. The van der Waals surface area contributed by atoms with Crippen LogP contribution in [0, 0.1) is 19.8 Å². The Balaban J connectivity index is 1.29. The minimum Gasteiger partial charge on any atom is -0.454 e. The summed E-state index contributed by atoms with van der Waals surface area (Å²) in [6.45, 7) is 7.32. The number of nitrogens with zero attached hydrogens (tertiary/aromatic N) is 3. The number of hydrogen-bond donors (Lipinski definition) is 2. The first-order valence-corrected chi connectivity index (χ1v) is 10.6. The van der Waals surface area contributed by atoms with E-state index in [4.69, 9.17) is 9.47 Å². The zero-order valence-corrected chi connectivity index (χ0v) is 18.4. The maximum absolute atomic E-state index is 12.8. The van der Waals surface area contributed by atoms with Crippen molar-refractivity contribution in [2.75, 3.05) is 30.5 Å². The summed E-state index contributed by atoms with van der Waals surface area (Å²) in [6, 6.07) is 5.11. The van der Waals surface area contributed by atoms with Crippen LogP contribution in [-0.2, 0) is 16.6 Å². The molecule has 2 aliphatic heterocycles. The first-order chi connectivity index (χ1) is 14.8. The van der Waals surface area contributed by atoms with E-state index in [0.717, 1.165) is 17.1 Å². The molecule has 0 saturated carbocycles. The number of nitrogens with one attached hydrogen (secondary N) is 2. The normalized spacial score (nSPS) is 17.4. The number of benzene rings is 1. The van der Waals surface area contributed by atoms with Crippen molar-refractivity contribution in [2.45, 2.75) is 39.7 Å². The zero-order valence-electron chi connectivity index (χ0n) is 18.4. The van der Waals surface area contributed by atoms with Crippen LogP contribution in [0.1, 0.15) is 31.2 Å². The van der Waals surface area contributed by atoms with Gasteiger partial charge in [0.25, 0.3) is 0 Å². The minimum atomic E-state index is -0.281. The van der Waals surface area contributed by atoms with Gasteiger partial charge >= 0.3 is 0 Å². The smallest absolute Gasteiger partial charge is 0.241 e. The van der Waals surface area contributed by atoms with Crippen molar-refractivity contribution in [3.63, 3.8) is 0 Å². The highest BCUT2D eigenvalue weighted by Gasteiger charge is 2.30. The Labute approximate surface area is 181 Å².